The SMILES string of the molecule is c1ccc(-c2ccc3c(c2)Oc2cccc4c2B3c2cc(-c3ccccn3)ccc2O4)cc1. The van der Waals surface area contributed by atoms with E-state index in [0.29, 0.717) is 0 Å². The van der Waals surface area contributed by atoms with E-state index in [9.17, 15) is 0 Å². The zero-order valence-corrected chi connectivity index (χ0v) is 17.7. The van der Waals surface area contributed by atoms with E-state index in [1.54, 1.807) is 0 Å². The molecule has 0 atom stereocenters. The van der Waals surface area contributed by atoms with Crippen molar-refractivity contribution in [3.8, 4) is 45.4 Å². The fraction of sp³-hybridized carbons (Fsp3) is 0. The highest BCUT2D eigenvalue weighted by molar-refractivity contribution is 6.98. The van der Waals surface area contributed by atoms with Crippen molar-refractivity contribution < 1.29 is 9.47 Å². The molecule has 0 amide bonds. The molecule has 0 unspecified atom stereocenters. The van der Waals surface area contributed by atoms with Crippen molar-refractivity contribution in [3.05, 3.63) is 109 Å². The third kappa shape index (κ3) is 2.88. The molecule has 7 rings (SSSR count). The quantitative estimate of drug-likeness (QED) is 0.361. The Balaban J connectivity index is 1.43. The summed E-state index contributed by atoms with van der Waals surface area (Å²) in [5.41, 5.74) is 7.71. The molecule has 1 aromatic heterocycles. The van der Waals surface area contributed by atoms with Crippen molar-refractivity contribution >= 4 is 23.1 Å². The summed E-state index contributed by atoms with van der Waals surface area (Å²) in [4.78, 5) is 4.55. The Morgan fingerprint density at radius 3 is 2.12 bits per heavy atom. The number of benzene rings is 4. The lowest BCUT2D eigenvalue weighted by molar-refractivity contribution is 0.464. The second-order valence-electron chi connectivity index (χ2n) is 8.39. The Morgan fingerprint density at radius 2 is 1.30 bits per heavy atom. The average molecular weight is 423 g/mol. The van der Waals surface area contributed by atoms with Crippen LogP contribution in [0, 0.1) is 0 Å². The summed E-state index contributed by atoms with van der Waals surface area (Å²) in [6.07, 6.45) is 1.83. The first-order valence-corrected chi connectivity index (χ1v) is 11.1. The highest BCUT2D eigenvalue weighted by Crippen LogP contribution is 2.36. The van der Waals surface area contributed by atoms with Gasteiger partial charge in [-0.2, -0.15) is 0 Å². The summed E-state index contributed by atoms with van der Waals surface area (Å²) in [5, 5.41) is 0. The number of hydrogen-bond acceptors (Lipinski definition) is 3. The molecule has 2 aliphatic rings. The van der Waals surface area contributed by atoms with Crippen LogP contribution in [0.4, 0.5) is 0 Å². The number of nitrogens with zero attached hydrogens (tertiary/aromatic N) is 1. The highest BCUT2D eigenvalue weighted by atomic mass is 16.5. The molecule has 33 heavy (non-hydrogen) atoms. The second kappa shape index (κ2) is 7.11. The predicted octanol–water partition coefficient (Wildman–Crippen LogP) is 5.14. The molecular weight excluding hydrogens is 405 g/mol. The first-order valence-electron chi connectivity index (χ1n) is 11.1. The lowest BCUT2D eigenvalue weighted by atomic mass is 9.34. The van der Waals surface area contributed by atoms with Gasteiger partial charge in [0.05, 0.1) is 5.69 Å². The van der Waals surface area contributed by atoms with Gasteiger partial charge < -0.3 is 9.47 Å². The first-order chi connectivity index (χ1) is 16.3. The van der Waals surface area contributed by atoms with Crippen molar-refractivity contribution in [3.63, 3.8) is 0 Å². The fourth-order valence-electron chi connectivity index (χ4n) is 4.93. The number of rotatable bonds is 2. The Morgan fingerprint density at radius 1 is 0.515 bits per heavy atom. The molecule has 0 aliphatic carbocycles. The number of ether oxygens (including phenoxy) is 2. The average Bonchev–Trinajstić information content (AvgIpc) is 2.89. The monoisotopic (exact) mass is 423 g/mol. The van der Waals surface area contributed by atoms with Crippen molar-refractivity contribution in [1.29, 1.82) is 0 Å². The van der Waals surface area contributed by atoms with Gasteiger partial charge in [-0.3, -0.25) is 4.98 Å². The standard InChI is InChI=1S/C29H18BNO2/c1-2-7-19(8-3-1)20-12-14-22-28(18-20)33-27-11-6-10-26-29(27)30(22)23-17-21(13-15-25(23)32-26)24-9-4-5-16-31-24/h1-18H. The van der Waals surface area contributed by atoms with Gasteiger partial charge >= 0.3 is 0 Å². The van der Waals surface area contributed by atoms with Crippen molar-refractivity contribution in [2.45, 2.75) is 0 Å². The number of hydrogen-bond donors (Lipinski definition) is 0. The van der Waals surface area contributed by atoms with E-state index in [2.05, 4.69) is 65.6 Å². The summed E-state index contributed by atoms with van der Waals surface area (Å²) in [5.74, 6) is 3.48. The second-order valence-corrected chi connectivity index (χ2v) is 8.39. The van der Waals surface area contributed by atoms with Crippen LogP contribution in [-0.2, 0) is 0 Å². The molecule has 3 heterocycles. The molecule has 0 saturated carbocycles. The third-order valence-corrected chi connectivity index (χ3v) is 6.47. The summed E-state index contributed by atoms with van der Waals surface area (Å²) < 4.78 is 12.7. The molecule has 0 fully saturated rings. The van der Waals surface area contributed by atoms with Crippen molar-refractivity contribution in [2.75, 3.05) is 0 Å². The fourth-order valence-corrected chi connectivity index (χ4v) is 4.93. The maximum Gasteiger partial charge on any atom is 0.260 e. The number of aromatic nitrogens is 1. The largest absolute Gasteiger partial charge is 0.458 e. The van der Waals surface area contributed by atoms with E-state index in [4.69, 9.17) is 9.47 Å². The molecule has 0 N–H and O–H groups in total. The molecule has 5 aromatic rings. The van der Waals surface area contributed by atoms with Gasteiger partial charge in [0.15, 0.2) is 0 Å². The van der Waals surface area contributed by atoms with E-state index in [1.165, 1.54) is 5.56 Å². The smallest absolute Gasteiger partial charge is 0.260 e. The van der Waals surface area contributed by atoms with Gasteiger partial charge in [-0.25, -0.2) is 0 Å². The Bertz CT molecular complexity index is 1520. The van der Waals surface area contributed by atoms with Crippen LogP contribution in [0.3, 0.4) is 0 Å². The Labute approximate surface area is 192 Å². The van der Waals surface area contributed by atoms with Gasteiger partial charge in [-0.1, -0.05) is 60.7 Å². The van der Waals surface area contributed by atoms with Gasteiger partial charge in [0.25, 0.3) is 6.71 Å². The summed E-state index contributed by atoms with van der Waals surface area (Å²) in [7, 11) is 0. The van der Waals surface area contributed by atoms with E-state index in [-0.39, 0.29) is 6.71 Å². The Hall–Kier alpha value is -4.31. The minimum atomic E-state index is 0.0391. The zero-order valence-electron chi connectivity index (χ0n) is 17.7. The lowest BCUT2D eigenvalue weighted by Gasteiger charge is -2.33. The lowest BCUT2D eigenvalue weighted by Crippen LogP contribution is -2.57. The number of fused-ring (bicyclic) bond motifs is 4. The van der Waals surface area contributed by atoms with Gasteiger partial charge in [-0.05, 0) is 70.1 Å². The summed E-state index contributed by atoms with van der Waals surface area (Å²) in [6, 6.07) is 35.3. The van der Waals surface area contributed by atoms with E-state index in [1.807, 2.05) is 48.7 Å². The molecule has 154 valence electrons. The van der Waals surface area contributed by atoms with Crippen LogP contribution in [0.2, 0.25) is 0 Å². The van der Waals surface area contributed by atoms with Crippen LogP contribution in [0.1, 0.15) is 0 Å². The van der Waals surface area contributed by atoms with Gasteiger partial charge in [0.1, 0.15) is 23.0 Å². The van der Waals surface area contributed by atoms with Crippen LogP contribution in [0.5, 0.6) is 23.0 Å². The Kier molecular flexibility index (Phi) is 3.94. The number of pyridine rings is 1. The van der Waals surface area contributed by atoms with Crippen LogP contribution < -0.4 is 25.9 Å². The zero-order chi connectivity index (χ0) is 21.8. The van der Waals surface area contributed by atoms with E-state index >= 15 is 0 Å². The minimum Gasteiger partial charge on any atom is -0.458 e. The topological polar surface area (TPSA) is 31.4 Å². The molecule has 3 nitrogen and oxygen atoms in total. The molecular formula is C29H18BNO2. The van der Waals surface area contributed by atoms with Gasteiger partial charge in [0, 0.05) is 11.7 Å². The normalized spacial score (nSPS) is 12.7. The maximum absolute atomic E-state index is 6.42. The summed E-state index contributed by atoms with van der Waals surface area (Å²) >= 11 is 0. The van der Waals surface area contributed by atoms with Crippen molar-refractivity contribution in [2.24, 2.45) is 0 Å². The van der Waals surface area contributed by atoms with E-state index < -0.39 is 0 Å². The molecule has 0 bridgehead atoms. The van der Waals surface area contributed by atoms with Crippen LogP contribution in [-0.4, -0.2) is 11.7 Å². The first kappa shape index (κ1) is 18.3. The molecule has 4 heteroatoms. The van der Waals surface area contributed by atoms with Gasteiger partial charge in [0.2, 0.25) is 0 Å². The van der Waals surface area contributed by atoms with Crippen molar-refractivity contribution in [1.82, 2.24) is 4.98 Å². The predicted molar refractivity (Wildman–Crippen MR) is 133 cm³/mol. The molecule has 2 aliphatic heterocycles. The minimum absolute atomic E-state index is 0.0391. The van der Waals surface area contributed by atoms with E-state index in [0.717, 1.165) is 56.2 Å². The van der Waals surface area contributed by atoms with Crippen LogP contribution in [0.15, 0.2) is 109 Å². The molecule has 0 saturated heterocycles. The molecule has 0 spiro atoms. The van der Waals surface area contributed by atoms with Crippen LogP contribution in [0.25, 0.3) is 22.4 Å². The maximum atomic E-state index is 6.42. The third-order valence-electron chi connectivity index (χ3n) is 6.47. The summed E-state index contributed by atoms with van der Waals surface area (Å²) in [6.45, 7) is 0.0391. The van der Waals surface area contributed by atoms with Crippen LogP contribution >= 0.6 is 0 Å². The molecule has 4 aromatic carbocycles. The molecule has 0 radical (unpaired) electrons. The van der Waals surface area contributed by atoms with Gasteiger partial charge in [-0.15, -0.1) is 0 Å². The highest BCUT2D eigenvalue weighted by Gasteiger charge is 2.40.